The molecule has 0 spiro atoms. The number of rotatable bonds is 5. The van der Waals surface area contributed by atoms with E-state index in [9.17, 15) is 4.79 Å². The molecule has 1 aliphatic heterocycles. The molecule has 88 valence electrons. The summed E-state index contributed by atoms with van der Waals surface area (Å²) in [4.78, 5) is 13.6. The van der Waals surface area contributed by atoms with Gasteiger partial charge in [0.05, 0.1) is 0 Å². The molecule has 1 aliphatic rings. The summed E-state index contributed by atoms with van der Waals surface area (Å²) >= 11 is 0. The fourth-order valence-electron chi connectivity index (χ4n) is 1.88. The van der Waals surface area contributed by atoms with Gasteiger partial charge in [0.2, 0.25) is 5.91 Å². The molecule has 15 heavy (non-hydrogen) atoms. The lowest BCUT2D eigenvalue weighted by atomic mass is 10.1. The number of ether oxygens (including phenoxy) is 1. The van der Waals surface area contributed by atoms with Crippen molar-refractivity contribution in [1.29, 1.82) is 0 Å². The van der Waals surface area contributed by atoms with Crippen LogP contribution in [0, 0.1) is 0 Å². The number of carbonyl (C=O) groups excluding carboxylic acids is 1. The van der Waals surface area contributed by atoms with Crippen molar-refractivity contribution in [2.45, 2.75) is 18.9 Å². The van der Waals surface area contributed by atoms with Crippen LogP contribution in [0.4, 0.5) is 0 Å². The molecule has 0 aromatic rings. The second-order valence-corrected chi connectivity index (χ2v) is 3.91. The van der Waals surface area contributed by atoms with E-state index in [1.54, 1.807) is 0 Å². The van der Waals surface area contributed by atoms with Gasteiger partial charge in [-0.1, -0.05) is 0 Å². The molecular weight excluding hydrogens is 194 g/mol. The van der Waals surface area contributed by atoms with Gasteiger partial charge in [-0.3, -0.25) is 4.79 Å². The summed E-state index contributed by atoms with van der Waals surface area (Å²) < 4.78 is 4.77. The lowest BCUT2D eigenvalue weighted by Gasteiger charge is -2.31. The number of likely N-dealkylation sites (tertiary alicyclic amines) is 1. The van der Waals surface area contributed by atoms with E-state index in [1.165, 1.54) is 7.11 Å². The minimum atomic E-state index is -0.0187. The van der Waals surface area contributed by atoms with E-state index in [1.807, 2.05) is 0 Å². The maximum atomic E-state index is 11.2. The van der Waals surface area contributed by atoms with E-state index in [0.717, 1.165) is 32.5 Å². The van der Waals surface area contributed by atoms with Crippen LogP contribution in [0.1, 0.15) is 12.8 Å². The third-order valence-electron chi connectivity index (χ3n) is 2.67. The number of nitrogens with zero attached hydrogens (tertiary/aromatic N) is 1. The van der Waals surface area contributed by atoms with Gasteiger partial charge >= 0.3 is 0 Å². The highest BCUT2D eigenvalue weighted by Crippen LogP contribution is 2.09. The summed E-state index contributed by atoms with van der Waals surface area (Å²) in [6.07, 6.45) is 2.02. The van der Waals surface area contributed by atoms with Crippen molar-refractivity contribution < 1.29 is 9.53 Å². The largest absolute Gasteiger partial charge is 0.375 e. The molecule has 0 saturated carbocycles. The molecule has 1 saturated heterocycles. The molecule has 0 atom stereocenters. The van der Waals surface area contributed by atoms with Crippen molar-refractivity contribution in [2.24, 2.45) is 5.73 Å². The first-order valence-corrected chi connectivity index (χ1v) is 5.47. The number of hydrogen-bond acceptors (Lipinski definition) is 4. The Morgan fingerprint density at radius 3 is 2.73 bits per heavy atom. The van der Waals surface area contributed by atoms with Gasteiger partial charge in [0.1, 0.15) is 6.61 Å². The summed E-state index contributed by atoms with van der Waals surface area (Å²) in [6, 6.07) is 0.307. The zero-order valence-corrected chi connectivity index (χ0v) is 9.37. The number of methoxy groups -OCH3 is 1. The molecule has 0 bridgehead atoms. The Bertz CT molecular complexity index is 191. The van der Waals surface area contributed by atoms with Gasteiger partial charge in [-0.2, -0.15) is 0 Å². The average molecular weight is 215 g/mol. The third kappa shape index (κ3) is 4.59. The van der Waals surface area contributed by atoms with Crippen LogP contribution in [0.2, 0.25) is 0 Å². The van der Waals surface area contributed by atoms with E-state index < -0.39 is 0 Å². The quantitative estimate of drug-likeness (QED) is 0.628. The molecule has 1 fully saturated rings. The molecule has 0 aromatic heterocycles. The van der Waals surface area contributed by atoms with E-state index in [0.29, 0.717) is 12.6 Å². The maximum Gasteiger partial charge on any atom is 0.246 e. The van der Waals surface area contributed by atoms with Crippen LogP contribution in [0.25, 0.3) is 0 Å². The highest BCUT2D eigenvalue weighted by molar-refractivity contribution is 5.77. The van der Waals surface area contributed by atoms with Gasteiger partial charge in [0.25, 0.3) is 0 Å². The Balaban J connectivity index is 2.16. The van der Waals surface area contributed by atoms with E-state index in [4.69, 9.17) is 10.5 Å². The number of carbonyl (C=O) groups is 1. The molecule has 5 heteroatoms. The Hall–Kier alpha value is -0.650. The lowest BCUT2D eigenvalue weighted by molar-refractivity contribution is -0.125. The van der Waals surface area contributed by atoms with Crippen molar-refractivity contribution >= 4 is 5.91 Å². The van der Waals surface area contributed by atoms with Crippen LogP contribution in [0.3, 0.4) is 0 Å². The zero-order chi connectivity index (χ0) is 11.1. The van der Waals surface area contributed by atoms with Crippen molar-refractivity contribution in [3.05, 3.63) is 0 Å². The summed E-state index contributed by atoms with van der Waals surface area (Å²) in [5.74, 6) is -0.0187. The smallest absolute Gasteiger partial charge is 0.246 e. The number of amides is 1. The first-order chi connectivity index (χ1) is 7.26. The van der Waals surface area contributed by atoms with Gasteiger partial charge in [-0.15, -0.1) is 0 Å². The van der Waals surface area contributed by atoms with Crippen LogP contribution < -0.4 is 11.1 Å². The SMILES string of the molecule is COCC(=O)NC1CCN(CCN)CC1. The third-order valence-corrected chi connectivity index (χ3v) is 2.67. The maximum absolute atomic E-state index is 11.2. The van der Waals surface area contributed by atoms with Gasteiger partial charge in [-0.05, 0) is 12.8 Å². The van der Waals surface area contributed by atoms with Crippen LogP contribution >= 0.6 is 0 Å². The summed E-state index contributed by atoms with van der Waals surface area (Å²) in [5.41, 5.74) is 5.49. The Morgan fingerprint density at radius 1 is 1.53 bits per heavy atom. The molecule has 0 aliphatic carbocycles. The second-order valence-electron chi connectivity index (χ2n) is 3.91. The summed E-state index contributed by atoms with van der Waals surface area (Å²) in [6.45, 7) is 3.87. The molecule has 0 aromatic carbocycles. The molecule has 1 amide bonds. The predicted octanol–water partition coefficient (Wildman–Crippen LogP) is -0.828. The zero-order valence-electron chi connectivity index (χ0n) is 9.37. The minimum absolute atomic E-state index is 0.0187. The monoisotopic (exact) mass is 215 g/mol. The number of nitrogens with two attached hydrogens (primary N) is 1. The predicted molar refractivity (Wildman–Crippen MR) is 58.5 cm³/mol. The normalized spacial score (nSPS) is 19.1. The molecule has 5 nitrogen and oxygen atoms in total. The molecule has 3 N–H and O–H groups in total. The molecule has 1 heterocycles. The van der Waals surface area contributed by atoms with Crippen molar-refractivity contribution in [3.63, 3.8) is 0 Å². The van der Waals surface area contributed by atoms with E-state index >= 15 is 0 Å². The van der Waals surface area contributed by atoms with Crippen molar-refractivity contribution in [3.8, 4) is 0 Å². The van der Waals surface area contributed by atoms with Crippen LogP contribution in [-0.4, -0.2) is 56.7 Å². The number of piperidine rings is 1. The van der Waals surface area contributed by atoms with Crippen LogP contribution in [0.15, 0.2) is 0 Å². The molecule has 0 unspecified atom stereocenters. The highest BCUT2D eigenvalue weighted by Gasteiger charge is 2.19. The Labute approximate surface area is 90.9 Å². The summed E-state index contributed by atoms with van der Waals surface area (Å²) in [5, 5.41) is 2.96. The average Bonchev–Trinajstić information content (AvgIpc) is 2.22. The molecular formula is C10H21N3O2. The van der Waals surface area contributed by atoms with Gasteiger partial charge in [0, 0.05) is 39.3 Å². The number of nitrogens with one attached hydrogen (secondary N) is 1. The Morgan fingerprint density at radius 2 is 2.20 bits per heavy atom. The molecule has 1 rings (SSSR count). The van der Waals surface area contributed by atoms with Crippen molar-refractivity contribution in [1.82, 2.24) is 10.2 Å². The first-order valence-electron chi connectivity index (χ1n) is 5.47. The van der Waals surface area contributed by atoms with Gasteiger partial charge in [0.15, 0.2) is 0 Å². The van der Waals surface area contributed by atoms with E-state index in [2.05, 4.69) is 10.2 Å². The second kappa shape index (κ2) is 6.76. The topological polar surface area (TPSA) is 67.6 Å². The minimum Gasteiger partial charge on any atom is -0.375 e. The standard InChI is InChI=1S/C10H21N3O2/c1-15-8-10(14)12-9-2-5-13(6-3-9)7-4-11/h9H,2-8,11H2,1H3,(H,12,14). The fraction of sp³-hybridized carbons (Fsp3) is 0.900. The fourth-order valence-corrected chi connectivity index (χ4v) is 1.88. The van der Waals surface area contributed by atoms with E-state index in [-0.39, 0.29) is 12.5 Å². The summed E-state index contributed by atoms with van der Waals surface area (Å²) in [7, 11) is 1.53. The van der Waals surface area contributed by atoms with Crippen molar-refractivity contribution in [2.75, 3.05) is 39.9 Å². The van der Waals surface area contributed by atoms with Gasteiger partial charge in [-0.25, -0.2) is 0 Å². The molecule has 0 radical (unpaired) electrons. The number of hydrogen-bond donors (Lipinski definition) is 2. The van der Waals surface area contributed by atoms with Crippen LogP contribution in [0.5, 0.6) is 0 Å². The first kappa shape index (κ1) is 12.4. The van der Waals surface area contributed by atoms with Crippen LogP contribution in [-0.2, 0) is 9.53 Å². The highest BCUT2D eigenvalue weighted by atomic mass is 16.5. The Kier molecular flexibility index (Phi) is 5.60. The lowest BCUT2D eigenvalue weighted by Crippen LogP contribution is -2.46. The van der Waals surface area contributed by atoms with Gasteiger partial charge < -0.3 is 20.7 Å².